The van der Waals surface area contributed by atoms with E-state index in [1.54, 1.807) is 0 Å². The zero-order chi connectivity index (χ0) is 17.9. The first-order valence-electron chi connectivity index (χ1n) is 9.51. The number of hydrogen-bond acceptors (Lipinski definition) is 3. The van der Waals surface area contributed by atoms with Crippen LogP contribution in [0.1, 0.15) is 23.6 Å². The summed E-state index contributed by atoms with van der Waals surface area (Å²) in [6.45, 7) is 3.42. The maximum atomic E-state index is 12.5. The van der Waals surface area contributed by atoms with Gasteiger partial charge in [0.1, 0.15) is 0 Å². The summed E-state index contributed by atoms with van der Waals surface area (Å²) >= 11 is 0. The van der Waals surface area contributed by atoms with Crippen molar-refractivity contribution in [3.8, 4) is 0 Å². The lowest BCUT2D eigenvalue weighted by molar-refractivity contribution is -0.135. The molecule has 2 aromatic carbocycles. The fourth-order valence-corrected chi connectivity index (χ4v) is 4.07. The van der Waals surface area contributed by atoms with E-state index in [1.165, 1.54) is 11.1 Å². The Morgan fingerprint density at radius 2 is 1.46 bits per heavy atom. The molecule has 4 rings (SSSR count). The van der Waals surface area contributed by atoms with Crippen molar-refractivity contribution in [3.63, 3.8) is 0 Å². The smallest absolute Gasteiger partial charge is 0.226 e. The lowest BCUT2D eigenvalue weighted by Gasteiger charge is -2.40. The fourth-order valence-electron chi connectivity index (χ4n) is 4.07. The minimum absolute atomic E-state index is 0.0607. The molecule has 0 bridgehead atoms. The Kier molecular flexibility index (Phi) is 5.05. The first-order chi connectivity index (χ1) is 12.8. The van der Waals surface area contributed by atoms with Gasteiger partial charge in [0, 0.05) is 38.7 Å². The van der Waals surface area contributed by atoms with E-state index in [0.717, 1.165) is 32.6 Å². The van der Waals surface area contributed by atoms with E-state index >= 15 is 0 Å². The SMILES string of the molecule is O=C(C1C[C@@H]1CO)N1CCN(C(c2ccccc2)c2ccccc2)CC1. The van der Waals surface area contributed by atoms with E-state index in [0.29, 0.717) is 0 Å². The molecular formula is C22H26N2O2. The lowest BCUT2D eigenvalue weighted by Crippen LogP contribution is -2.50. The molecule has 1 aliphatic carbocycles. The van der Waals surface area contributed by atoms with Crippen LogP contribution in [-0.4, -0.2) is 53.6 Å². The number of nitrogens with zero attached hydrogens (tertiary/aromatic N) is 2. The highest BCUT2D eigenvalue weighted by Gasteiger charge is 2.44. The zero-order valence-electron chi connectivity index (χ0n) is 15.0. The molecule has 2 fully saturated rings. The van der Waals surface area contributed by atoms with E-state index in [-0.39, 0.29) is 30.4 Å². The maximum Gasteiger partial charge on any atom is 0.226 e. The van der Waals surface area contributed by atoms with Crippen LogP contribution in [0.5, 0.6) is 0 Å². The van der Waals surface area contributed by atoms with Crippen molar-refractivity contribution in [3.05, 3.63) is 71.8 Å². The number of aliphatic hydroxyl groups excluding tert-OH is 1. The van der Waals surface area contributed by atoms with Gasteiger partial charge in [0.05, 0.1) is 6.04 Å². The van der Waals surface area contributed by atoms with Gasteiger partial charge in [0.2, 0.25) is 5.91 Å². The van der Waals surface area contributed by atoms with Crippen LogP contribution in [0.15, 0.2) is 60.7 Å². The molecule has 2 aromatic rings. The molecule has 1 amide bonds. The molecule has 1 saturated heterocycles. The summed E-state index contributed by atoms with van der Waals surface area (Å²) in [4.78, 5) is 17.0. The molecule has 0 aromatic heterocycles. The van der Waals surface area contributed by atoms with Crippen LogP contribution in [-0.2, 0) is 4.79 Å². The minimum atomic E-state index is 0.0607. The minimum Gasteiger partial charge on any atom is -0.396 e. The van der Waals surface area contributed by atoms with Gasteiger partial charge in [-0.25, -0.2) is 0 Å². The van der Waals surface area contributed by atoms with Gasteiger partial charge in [-0.1, -0.05) is 60.7 Å². The van der Waals surface area contributed by atoms with Crippen molar-refractivity contribution >= 4 is 5.91 Å². The number of carbonyl (C=O) groups is 1. The van der Waals surface area contributed by atoms with Gasteiger partial charge in [0.25, 0.3) is 0 Å². The summed E-state index contributed by atoms with van der Waals surface area (Å²) in [7, 11) is 0. The first kappa shape index (κ1) is 17.3. The predicted octanol–water partition coefficient (Wildman–Crippen LogP) is 2.55. The number of rotatable bonds is 5. The zero-order valence-corrected chi connectivity index (χ0v) is 15.0. The average molecular weight is 350 g/mol. The third kappa shape index (κ3) is 3.53. The second-order valence-electron chi connectivity index (χ2n) is 7.37. The summed E-state index contributed by atoms with van der Waals surface area (Å²) in [5.41, 5.74) is 2.59. The van der Waals surface area contributed by atoms with E-state index in [2.05, 4.69) is 65.6 Å². The Balaban J connectivity index is 1.47. The highest BCUT2D eigenvalue weighted by molar-refractivity contribution is 5.81. The number of aliphatic hydroxyl groups is 1. The molecule has 1 aliphatic heterocycles. The molecule has 2 atom stereocenters. The summed E-state index contributed by atoms with van der Waals surface area (Å²) in [6, 6.07) is 21.4. The standard InChI is InChI=1S/C22H26N2O2/c25-16-19-15-20(19)22(26)24-13-11-23(12-14-24)21(17-7-3-1-4-8-17)18-9-5-2-6-10-18/h1-10,19-21,25H,11-16H2/t19-,20?/m1/s1. The molecule has 26 heavy (non-hydrogen) atoms. The topological polar surface area (TPSA) is 43.8 Å². The average Bonchev–Trinajstić information content (AvgIpc) is 3.50. The van der Waals surface area contributed by atoms with Gasteiger partial charge in [0.15, 0.2) is 0 Å². The Labute approximate surface area is 155 Å². The second kappa shape index (κ2) is 7.60. The normalized spacial score (nSPS) is 23.2. The van der Waals surface area contributed by atoms with Crippen molar-refractivity contribution in [2.75, 3.05) is 32.8 Å². The Morgan fingerprint density at radius 1 is 0.923 bits per heavy atom. The molecule has 2 aliphatic rings. The highest BCUT2D eigenvalue weighted by Crippen LogP contribution is 2.39. The summed E-state index contributed by atoms with van der Waals surface area (Å²) < 4.78 is 0. The van der Waals surface area contributed by atoms with Crippen molar-refractivity contribution in [1.29, 1.82) is 0 Å². The van der Waals surface area contributed by atoms with E-state index in [4.69, 9.17) is 0 Å². The number of amides is 1. The van der Waals surface area contributed by atoms with Crippen molar-refractivity contribution in [2.45, 2.75) is 12.5 Å². The van der Waals surface area contributed by atoms with E-state index < -0.39 is 0 Å². The Hall–Kier alpha value is -2.17. The van der Waals surface area contributed by atoms with E-state index in [9.17, 15) is 9.90 Å². The number of hydrogen-bond donors (Lipinski definition) is 1. The maximum absolute atomic E-state index is 12.5. The van der Waals surface area contributed by atoms with Crippen LogP contribution in [0, 0.1) is 11.8 Å². The third-order valence-electron chi connectivity index (χ3n) is 5.70. The molecule has 136 valence electrons. The predicted molar refractivity (Wildman–Crippen MR) is 102 cm³/mol. The fraction of sp³-hybridized carbons (Fsp3) is 0.409. The number of carbonyl (C=O) groups excluding carboxylic acids is 1. The van der Waals surface area contributed by atoms with Gasteiger partial charge >= 0.3 is 0 Å². The summed E-state index contributed by atoms with van der Waals surface area (Å²) in [5.74, 6) is 0.493. The van der Waals surface area contributed by atoms with E-state index in [1.807, 2.05) is 4.90 Å². The second-order valence-corrected chi connectivity index (χ2v) is 7.37. The van der Waals surface area contributed by atoms with Crippen LogP contribution in [0.2, 0.25) is 0 Å². The van der Waals surface area contributed by atoms with Gasteiger partial charge in [-0.15, -0.1) is 0 Å². The van der Waals surface area contributed by atoms with Crippen molar-refractivity contribution in [1.82, 2.24) is 9.80 Å². The molecule has 0 radical (unpaired) electrons. The Bertz CT molecular complexity index is 687. The summed E-state index contributed by atoms with van der Waals surface area (Å²) in [6.07, 6.45) is 0.853. The molecular weight excluding hydrogens is 324 g/mol. The Morgan fingerprint density at radius 3 is 1.92 bits per heavy atom. The lowest BCUT2D eigenvalue weighted by atomic mass is 9.96. The van der Waals surface area contributed by atoms with Crippen LogP contribution in [0.3, 0.4) is 0 Å². The quantitative estimate of drug-likeness (QED) is 0.901. The molecule has 1 heterocycles. The van der Waals surface area contributed by atoms with Crippen LogP contribution < -0.4 is 0 Å². The molecule has 4 heteroatoms. The molecule has 1 saturated carbocycles. The van der Waals surface area contributed by atoms with Crippen molar-refractivity contribution in [2.24, 2.45) is 11.8 Å². The van der Waals surface area contributed by atoms with Crippen LogP contribution >= 0.6 is 0 Å². The van der Waals surface area contributed by atoms with Crippen LogP contribution in [0.4, 0.5) is 0 Å². The molecule has 1 N–H and O–H groups in total. The van der Waals surface area contributed by atoms with Gasteiger partial charge in [-0.2, -0.15) is 0 Å². The van der Waals surface area contributed by atoms with Gasteiger partial charge in [-0.05, 0) is 23.5 Å². The summed E-state index contributed by atoms with van der Waals surface area (Å²) in [5, 5.41) is 9.21. The largest absolute Gasteiger partial charge is 0.396 e. The molecule has 4 nitrogen and oxygen atoms in total. The van der Waals surface area contributed by atoms with Gasteiger partial charge < -0.3 is 10.0 Å². The van der Waals surface area contributed by atoms with Gasteiger partial charge in [-0.3, -0.25) is 9.69 Å². The number of benzene rings is 2. The molecule has 0 spiro atoms. The third-order valence-corrected chi connectivity index (χ3v) is 5.70. The van der Waals surface area contributed by atoms with Crippen LogP contribution in [0.25, 0.3) is 0 Å². The molecule has 1 unspecified atom stereocenters. The highest BCUT2D eigenvalue weighted by atomic mass is 16.3. The first-order valence-corrected chi connectivity index (χ1v) is 9.51. The van der Waals surface area contributed by atoms with Crippen molar-refractivity contribution < 1.29 is 9.90 Å². The number of piperazine rings is 1. The monoisotopic (exact) mass is 350 g/mol.